The summed E-state index contributed by atoms with van der Waals surface area (Å²) in [6.07, 6.45) is 25.0. The van der Waals surface area contributed by atoms with Crippen molar-refractivity contribution >= 4 is 0 Å². The van der Waals surface area contributed by atoms with Crippen molar-refractivity contribution in [1.82, 2.24) is 0 Å². The number of hydrogen-bond acceptors (Lipinski definition) is 1. The zero-order valence-corrected chi connectivity index (χ0v) is 15.4. The monoisotopic (exact) mass is 310 g/mol. The second kappa shape index (κ2) is 15.8. The molecule has 1 heteroatoms. The molecule has 0 amide bonds. The van der Waals surface area contributed by atoms with Gasteiger partial charge in [0.1, 0.15) is 0 Å². The highest BCUT2D eigenvalue weighted by atomic mass is 16.5. The average molecular weight is 311 g/mol. The lowest BCUT2D eigenvalue weighted by Gasteiger charge is -2.21. The van der Waals surface area contributed by atoms with Gasteiger partial charge in [-0.3, -0.25) is 0 Å². The molecule has 0 unspecified atom stereocenters. The molecule has 0 bridgehead atoms. The molecule has 1 nitrogen and oxygen atoms in total. The van der Waals surface area contributed by atoms with Crippen LogP contribution in [-0.4, -0.2) is 13.2 Å². The summed E-state index contributed by atoms with van der Waals surface area (Å²) in [5, 5.41) is 0. The Morgan fingerprint density at radius 2 is 1.14 bits per heavy atom. The summed E-state index contributed by atoms with van der Waals surface area (Å²) in [5.41, 5.74) is 0. The van der Waals surface area contributed by atoms with Crippen LogP contribution in [0.25, 0.3) is 0 Å². The predicted octanol–water partition coefficient (Wildman–Crippen LogP) is 7.28. The fourth-order valence-electron chi connectivity index (χ4n) is 3.85. The largest absolute Gasteiger partial charge is 0.382 e. The van der Waals surface area contributed by atoms with E-state index in [2.05, 4.69) is 6.92 Å². The van der Waals surface area contributed by atoms with Crippen LogP contribution in [0.3, 0.4) is 0 Å². The van der Waals surface area contributed by atoms with Crippen molar-refractivity contribution in [3.8, 4) is 0 Å². The molecule has 1 aliphatic carbocycles. The van der Waals surface area contributed by atoms with Crippen LogP contribution < -0.4 is 0 Å². The minimum atomic E-state index is 0.876. The van der Waals surface area contributed by atoms with E-state index in [9.17, 15) is 0 Å². The average Bonchev–Trinajstić information content (AvgIpc) is 2.56. The highest BCUT2D eigenvalue weighted by molar-refractivity contribution is 4.65. The molecule has 0 radical (unpaired) electrons. The van der Waals surface area contributed by atoms with Crippen molar-refractivity contribution in [2.45, 2.75) is 116 Å². The topological polar surface area (TPSA) is 9.23 Å². The number of unbranched alkanes of at least 4 members (excludes halogenated alkanes) is 10. The Morgan fingerprint density at radius 1 is 0.636 bits per heavy atom. The summed E-state index contributed by atoms with van der Waals surface area (Å²) in [4.78, 5) is 0. The fraction of sp³-hybridized carbons (Fsp3) is 1.00. The summed E-state index contributed by atoms with van der Waals surface area (Å²) >= 11 is 0. The third-order valence-electron chi connectivity index (χ3n) is 5.33. The SMILES string of the molecule is CCOCCCCCCCCCCCCCC1CCCCC1. The third-order valence-corrected chi connectivity index (χ3v) is 5.33. The van der Waals surface area contributed by atoms with Gasteiger partial charge in [-0.2, -0.15) is 0 Å². The van der Waals surface area contributed by atoms with E-state index in [0.717, 1.165) is 19.1 Å². The molecule has 132 valence electrons. The van der Waals surface area contributed by atoms with Gasteiger partial charge in [0.25, 0.3) is 0 Å². The standard InChI is InChI=1S/C21H42O/c1-2-22-20-16-11-9-7-5-3-4-6-8-10-13-17-21-18-14-12-15-19-21/h21H,2-20H2,1H3. The molecule has 0 spiro atoms. The van der Waals surface area contributed by atoms with E-state index in [-0.39, 0.29) is 0 Å². The molecular weight excluding hydrogens is 268 g/mol. The first-order valence-corrected chi connectivity index (χ1v) is 10.5. The Bertz CT molecular complexity index is 208. The Labute approximate surface area is 140 Å². The fourth-order valence-corrected chi connectivity index (χ4v) is 3.85. The zero-order chi connectivity index (χ0) is 15.7. The van der Waals surface area contributed by atoms with E-state index >= 15 is 0 Å². The van der Waals surface area contributed by atoms with Crippen LogP contribution in [-0.2, 0) is 4.74 Å². The molecule has 0 aromatic heterocycles. The van der Waals surface area contributed by atoms with Crippen LogP contribution in [0, 0.1) is 5.92 Å². The Morgan fingerprint density at radius 3 is 1.68 bits per heavy atom. The van der Waals surface area contributed by atoms with Gasteiger partial charge in [0.2, 0.25) is 0 Å². The van der Waals surface area contributed by atoms with Crippen LogP contribution in [0.15, 0.2) is 0 Å². The van der Waals surface area contributed by atoms with Crippen LogP contribution >= 0.6 is 0 Å². The number of ether oxygens (including phenoxy) is 1. The number of hydrogen-bond donors (Lipinski definition) is 0. The molecule has 0 N–H and O–H groups in total. The van der Waals surface area contributed by atoms with Gasteiger partial charge in [-0.15, -0.1) is 0 Å². The second-order valence-electron chi connectivity index (χ2n) is 7.38. The molecule has 0 aromatic rings. The van der Waals surface area contributed by atoms with E-state index in [4.69, 9.17) is 4.74 Å². The molecule has 0 aliphatic heterocycles. The van der Waals surface area contributed by atoms with Crippen molar-refractivity contribution in [3.63, 3.8) is 0 Å². The first-order valence-electron chi connectivity index (χ1n) is 10.5. The molecule has 1 aliphatic rings. The maximum atomic E-state index is 5.36. The molecule has 0 saturated heterocycles. The highest BCUT2D eigenvalue weighted by Crippen LogP contribution is 2.28. The molecule has 0 aromatic carbocycles. The van der Waals surface area contributed by atoms with E-state index in [1.54, 1.807) is 0 Å². The summed E-state index contributed by atoms with van der Waals surface area (Å²) in [7, 11) is 0. The quantitative estimate of drug-likeness (QED) is 0.289. The Hall–Kier alpha value is -0.0400. The van der Waals surface area contributed by atoms with Crippen molar-refractivity contribution in [2.75, 3.05) is 13.2 Å². The summed E-state index contributed by atoms with van der Waals surface area (Å²) in [6.45, 7) is 3.92. The van der Waals surface area contributed by atoms with Crippen molar-refractivity contribution in [1.29, 1.82) is 0 Å². The summed E-state index contributed by atoms with van der Waals surface area (Å²) < 4.78 is 5.36. The number of rotatable bonds is 15. The minimum Gasteiger partial charge on any atom is -0.382 e. The molecular formula is C21H42O. The van der Waals surface area contributed by atoms with Gasteiger partial charge in [-0.25, -0.2) is 0 Å². The molecule has 0 atom stereocenters. The van der Waals surface area contributed by atoms with Crippen LogP contribution in [0.1, 0.15) is 116 Å². The first-order chi connectivity index (χ1) is 10.9. The second-order valence-corrected chi connectivity index (χ2v) is 7.38. The van der Waals surface area contributed by atoms with E-state index in [1.807, 2.05) is 0 Å². The van der Waals surface area contributed by atoms with Crippen molar-refractivity contribution < 1.29 is 4.74 Å². The Kier molecular flexibility index (Phi) is 14.4. The van der Waals surface area contributed by atoms with E-state index in [1.165, 1.54) is 109 Å². The van der Waals surface area contributed by atoms with Gasteiger partial charge in [-0.1, -0.05) is 103 Å². The smallest absolute Gasteiger partial charge is 0.0465 e. The first kappa shape index (κ1) is 20.0. The highest BCUT2D eigenvalue weighted by Gasteiger charge is 2.12. The van der Waals surface area contributed by atoms with Crippen molar-refractivity contribution in [2.24, 2.45) is 5.92 Å². The molecule has 1 saturated carbocycles. The lowest BCUT2D eigenvalue weighted by Crippen LogP contribution is -2.05. The minimum absolute atomic E-state index is 0.876. The van der Waals surface area contributed by atoms with Crippen LogP contribution in [0.5, 0.6) is 0 Å². The van der Waals surface area contributed by atoms with Crippen molar-refractivity contribution in [3.05, 3.63) is 0 Å². The third kappa shape index (κ3) is 12.5. The van der Waals surface area contributed by atoms with Gasteiger partial charge in [0.15, 0.2) is 0 Å². The maximum Gasteiger partial charge on any atom is 0.0465 e. The van der Waals surface area contributed by atoms with Crippen LogP contribution in [0.2, 0.25) is 0 Å². The molecule has 1 rings (SSSR count). The molecule has 22 heavy (non-hydrogen) atoms. The van der Waals surface area contributed by atoms with Gasteiger partial charge in [-0.05, 0) is 19.3 Å². The predicted molar refractivity (Wildman–Crippen MR) is 98.5 cm³/mol. The van der Waals surface area contributed by atoms with Gasteiger partial charge < -0.3 is 4.74 Å². The van der Waals surface area contributed by atoms with Crippen LogP contribution in [0.4, 0.5) is 0 Å². The lowest BCUT2D eigenvalue weighted by atomic mass is 9.85. The zero-order valence-electron chi connectivity index (χ0n) is 15.4. The molecule has 0 heterocycles. The summed E-state index contributed by atoms with van der Waals surface area (Å²) in [6, 6.07) is 0. The Balaban J connectivity index is 1.68. The van der Waals surface area contributed by atoms with E-state index < -0.39 is 0 Å². The summed E-state index contributed by atoms with van der Waals surface area (Å²) in [5.74, 6) is 1.09. The maximum absolute atomic E-state index is 5.36. The van der Waals surface area contributed by atoms with Gasteiger partial charge in [0.05, 0.1) is 0 Å². The van der Waals surface area contributed by atoms with Gasteiger partial charge in [0, 0.05) is 13.2 Å². The normalized spacial score (nSPS) is 16.2. The lowest BCUT2D eigenvalue weighted by molar-refractivity contribution is 0.143. The molecule has 1 fully saturated rings. The van der Waals surface area contributed by atoms with E-state index in [0.29, 0.717) is 0 Å². The van der Waals surface area contributed by atoms with Gasteiger partial charge >= 0.3 is 0 Å².